The normalized spacial score (nSPS) is 10.5. The number of carbonyl (C=O) groups is 1. The number of Topliss-reactive ketones (excluding diaryl/α,β-unsaturated/α-hetero) is 1. The highest BCUT2D eigenvalue weighted by Crippen LogP contribution is 2.37. The average Bonchev–Trinajstić information content (AvgIpc) is 2.98. The van der Waals surface area contributed by atoms with Crippen LogP contribution in [0.15, 0.2) is 97.2 Å². The van der Waals surface area contributed by atoms with Crippen molar-refractivity contribution in [2.75, 3.05) is 19.5 Å². The highest BCUT2D eigenvalue weighted by molar-refractivity contribution is 5.97. The SMILES string of the molecule is COc1cc2ncc(C#N)c(Nc3ccc(Oc4cccc(CC(=O)Cc5ccccc5)c4)cc3)c2cc1OC. The smallest absolute Gasteiger partial charge is 0.162 e. The lowest BCUT2D eigenvalue weighted by molar-refractivity contribution is -0.117. The maximum Gasteiger partial charge on any atom is 0.162 e. The molecule has 7 nitrogen and oxygen atoms in total. The first-order chi connectivity index (χ1) is 19.6. The van der Waals surface area contributed by atoms with Crippen LogP contribution in [0.25, 0.3) is 10.9 Å². The molecule has 5 aromatic rings. The summed E-state index contributed by atoms with van der Waals surface area (Å²) < 4.78 is 16.9. The Bertz CT molecular complexity index is 1690. The van der Waals surface area contributed by atoms with E-state index in [0.29, 0.717) is 52.6 Å². The molecular formula is C33H27N3O4. The van der Waals surface area contributed by atoms with Crippen molar-refractivity contribution >= 4 is 28.1 Å². The Hall–Kier alpha value is -5.35. The van der Waals surface area contributed by atoms with Crippen LogP contribution in [0.1, 0.15) is 16.7 Å². The first-order valence-electron chi connectivity index (χ1n) is 12.7. The van der Waals surface area contributed by atoms with Crippen LogP contribution in [0.3, 0.4) is 0 Å². The molecule has 198 valence electrons. The van der Waals surface area contributed by atoms with Crippen LogP contribution in [-0.2, 0) is 17.6 Å². The van der Waals surface area contributed by atoms with E-state index in [1.807, 2.05) is 78.9 Å². The molecule has 0 fully saturated rings. The Morgan fingerprint density at radius 1 is 0.825 bits per heavy atom. The van der Waals surface area contributed by atoms with Gasteiger partial charge in [-0.15, -0.1) is 0 Å². The number of ether oxygens (including phenoxy) is 3. The van der Waals surface area contributed by atoms with Gasteiger partial charge < -0.3 is 19.5 Å². The number of fused-ring (bicyclic) bond motifs is 1. The largest absolute Gasteiger partial charge is 0.493 e. The van der Waals surface area contributed by atoms with Crippen molar-refractivity contribution in [2.45, 2.75) is 12.8 Å². The summed E-state index contributed by atoms with van der Waals surface area (Å²) in [6.07, 6.45) is 2.28. The number of carbonyl (C=O) groups excluding carboxylic acids is 1. The van der Waals surface area contributed by atoms with Gasteiger partial charge in [0.15, 0.2) is 11.5 Å². The fraction of sp³-hybridized carbons (Fsp3) is 0.121. The van der Waals surface area contributed by atoms with E-state index in [1.54, 1.807) is 26.4 Å². The molecular weight excluding hydrogens is 502 g/mol. The molecule has 0 atom stereocenters. The first kappa shape index (κ1) is 26.3. The van der Waals surface area contributed by atoms with Gasteiger partial charge in [-0.05, 0) is 53.6 Å². The molecule has 1 N–H and O–H groups in total. The highest BCUT2D eigenvalue weighted by Gasteiger charge is 2.14. The number of benzene rings is 4. The standard InChI is InChI=1S/C33H27N3O4/c1-38-31-18-29-30(19-32(31)39-2)35-21-24(20-34)33(29)36-25-11-13-27(14-12-25)40-28-10-6-9-23(17-28)16-26(37)15-22-7-4-3-5-8-22/h3-14,17-19,21H,15-16H2,1-2H3,(H,35,36). The lowest BCUT2D eigenvalue weighted by atomic mass is 10.0. The van der Waals surface area contributed by atoms with Crippen molar-refractivity contribution in [1.29, 1.82) is 5.26 Å². The molecule has 0 spiro atoms. The van der Waals surface area contributed by atoms with Crippen molar-refractivity contribution in [3.63, 3.8) is 0 Å². The van der Waals surface area contributed by atoms with Crippen molar-refractivity contribution in [3.05, 3.63) is 114 Å². The van der Waals surface area contributed by atoms with Crippen molar-refractivity contribution in [3.8, 4) is 29.1 Å². The fourth-order valence-electron chi connectivity index (χ4n) is 4.46. The van der Waals surface area contributed by atoms with Crippen LogP contribution < -0.4 is 19.5 Å². The summed E-state index contributed by atoms with van der Waals surface area (Å²) >= 11 is 0. The van der Waals surface area contributed by atoms with Gasteiger partial charge in [0.1, 0.15) is 23.4 Å². The zero-order valence-corrected chi connectivity index (χ0v) is 22.2. The van der Waals surface area contributed by atoms with Crippen molar-refractivity contribution < 1.29 is 19.0 Å². The Kier molecular flexibility index (Phi) is 7.89. The van der Waals surface area contributed by atoms with E-state index in [0.717, 1.165) is 22.2 Å². The molecule has 40 heavy (non-hydrogen) atoms. The number of methoxy groups -OCH3 is 2. The van der Waals surface area contributed by atoms with E-state index in [1.165, 1.54) is 6.20 Å². The number of rotatable bonds is 10. The predicted octanol–water partition coefficient (Wildman–Crippen LogP) is 7.01. The Morgan fingerprint density at radius 3 is 2.25 bits per heavy atom. The molecule has 1 aromatic heterocycles. The second-order valence-corrected chi connectivity index (χ2v) is 9.16. The topological polar surface area (TPSA) is 93.5 Å². The summed E-state index contributed by atoms with van der Waals surface area (Å²) in [4.78, 5) is 17.0. The molecule has 0 aliphatic heterocycles. The summed E-state index contributed by atoms with van der Waals surface area (Å²) in [6, 6.07) is 30.5. The lowest BCUT2D eigenvalue weighted by Gasteiger charge is -2.15. The van der Waals surface area contributed by atoms with E-state index in [4.69, 9.17) is 14.2 Å². The zero-order valence-electron chi connectivity index (χ0n) is 22.2. The number of nitrogens with one attached hydrogen (secondary N) is 1. The van der Waals surface area contributed by atoms with E-state index < -0.39 is 0 Å². The fourth-order valence-corrected chi connectivity index (χ4v) is 4.46. The van der Waals surface area contributed by atoms with Gasteiger partial charge >= 0.3 is 0 Å². The molecule has 0 bridgehead atoms. The average molecular weight is 530 g/mol. The molecule has 0 saturated carbocycles. The van der Waals surface area contributed by atoms with E-state index in [2.05, 4.69) is 16.4 Å². The van der Waals surface area contributed by atoms with Gasteiger partial charge in [-0.3, -0.25) is 9.78 Å². The molecule has 5 rings (SSSR count). The minimum Gasteiger partial charge on any atom is -0.493 e. The third kappa shape index (κ3) is 6.03. The molecule has 0 unspecified atom stereocenters. The Morgan fingerprint density at radius 2 is 1.52 bits per heavy atom. The molecule has 0 aliphatic carbocycles. The second kappa shape index (κ2) is 12.0. The molecule has 1 heterocycles. The first-order valence-corrected chi connectivity index (χ1v) is 12.7. The summed E-state index contributed by atoms with van der Waals surface area (Å²) in [6.45, 7) is 0. The van der Waals surface area contributed by atoms with E-state index in [9.17, 15) is 10.1 Å². The maximum absolute atomic E-state index is 12.5. The number of hydrogen-bond acceptors (Lipinski definition) is 7. The zero-order chi connectivity index (χ0) is 27.9. The van der Waals surface area contributed by atoms with Gasteiger partial charge in [0, 0.05) is 36.2 Å². The number of ketones is 1. The molecule has 0 radical (unpaired) electrons. The monoisotopic (exact) mass is 529 g/mol. The Balaban J connectivity index is 1.30. The van der Waals surface area contributed by atoms with Crippen LogP contribution in [0, 0.1) is 11.3 Å². The van der Waals surface area contributed by atoms with Gasteiger partial charge in [0.05, 0.1) is 31.0 Å². The lowest BCUT2D eigenvalue weighted by Crippen LogP contribution is -2.06. The minimum atomic E-state index is 0.148. The molecule has 0 saturated heterocycles. The quantitative estimate of drug-likeness (QED) is 0.208. The third-order valence-electron chi connectivity index (χ3n) is 6.40. The highest BCUT2D eigenvalue weighted by atomic mass is 16.5. The molecule has 0 amide bonds. The molecule has 4 aromatic carbocycles. The van der Waals surface area contributed by atoms with Crippen LogP contribution in [0.4, 0.5) is 11.4 Å². The molecule has 0 aliphatic rings. The van der Waals surface area contributed by atoms with Gasteiger partial charge in [0.2, 0.25) is 0 Å². The van der Waals surface area contributed by atoms with Gasteiger partial charge in [-0.25, -0.2) is 0 Å². The predicted molar refractivity (Wildman–Crippen MR) is 155 cm³/mol. The van der Waals surface area contributed by atoms with Crippen molar-refractivity contribution in [2.24, 2.45) is 0 Å². The summed E-state index contributed by atoms with van der Waals surface area (Å²) in [5.41, 5.74) is 4.37. The van der Waals surface area contributed by atoms with E-state index >= 15 is 0 Å². The number of aromatic nitrogens is 1. The summed E-state index contributed by atoms with van der Waals surface area (Å²) in [5, 5.41) is 13.8. The van der Waals surface area contributed by atoms with Crippen LogP contribution >= 0.6 is 0 Å². The summed E-state index contributed by atoms with van der Waals surface area (Å²) in [7, 11) is 3.13. The molecule has 7 heteroatoms. The van der Waals surface area contributed by atoms with Gasteiger partial charge in [-0.1, -0.05) is 42.5 Å². The second-order valence-electron chi connectivity index (χ2n) is 9.16. The summed E-state index contributed by atoms with van der Waals surface area (Å²) in [5.74, 6) is 2.55. The number of hydrogen-bond donors (Lipinski definition) is 1. The Labute approximate surface area is 232 Å². The number of nitrogens with zero attached hydrogens (tertiary/aromatic N) is 2. The van der Waals surface area contributed by atoms with Gasteiger partial charge in [0.25, 0.3) is 0 Å². The van der Waals surface area contributed by atoms with Crippen LogP contribution in [0.2, 0.25) is 0 Å². The maximum atomic E-state index is 12.5. The van der Waals surface area contributed by atoms with Crippen molar-refractivity contribution in [1.82, 2.24) is 4.98 Å². The van der Waals surface area contributed by atoms with E-state index in [-0.39, 0.29) is 5.78 Å². The van der Waals surface area contributed by atoms with Gasteiger partial charge in [-0.2, -0.15) is 5.26 Å². The third-order valence-corrected chi connectivity index (χ3v) is 6.40. The number of anilines is 2. The minimum absolute atomic E-state index is 0.148. The van der Waals surface area contributed by atoms with Crippen LogP contribution in [-0.4, -0.2) is 25.0 Å². The number of pyridine rings is 1. The number of nitriles is 1. The van der Waals surface area contributed by atoms with Crippen LogP contribution in [0.5, 0.6) is 23.0 Å².